The smallest absolute Gasteiger partial charge is 0.236 e. The molecular weight excluding hydrogens is 338 g/mol. The molecule has 1 unspecified atom stereocenters. The number of rotatable bonds is 5. The van der Waals surface area contributed by atoms with Crippen LogP contribution in [0.5, 0.6) is 0 Å². The van der Waals surface area contributed by atoms with Crippen LogP contribution >= 0.6 is 0 Å². The van der Waals surface area contributed by atoms with Crippen molar-refractivity contribution in [2.75, 3.05) is 20.1 Å². The fraction of sp³-hybridized carbons (Fsp3) is 0.333. The Bertz CT molecular complexity index is 914. The van der Waals surface area contributed by atoms with Crippen LogP contribution in [-0.4, -0.2) is 50.2 Å². The fourth-order valence-electron chi connectivity index (χ4n) is 3.66. The molecule has 140 valence electrons. The average molecular weight is 363 g/mol. The summed E-state index contributed by atoms with van der Waals surface area (Å²) in [4.78, 5) is 16.8. The number of carbonyl (C=O) groups excluding carboxylic acids is 1. The summed E-state index contributed by atoms with van der Waals surface area (Å²) >= 11 is 0. The van der Waals surface area contributed by atoms with E-state index in [0.29, 0.717) is 13.1 Å². The van der Waals surface area contributed by atoms with Gasteiger partial charge in [0.1, 0.15) is 0 Å². The lowest BCUT2D eigenvalue weighted by Gasteiger charge is -2.35. The van der Waals surface area contributed by atoms with Gasteiger partial charge in [-0.1, -0.05) is 18.2 Å². The van der Waals surface area contributed by atoms with E-state index in [1.807, 2.05) is 54.5 Å². The van der Waals surface area contributed by atoms with E-state index in [2.05, 4.69) is 39.8 Å². The van der Waals surface area contributed by atoms with Crippen LogP contribution < -0.4 is 0 Å². The maximum Gasteiger partial charge on any atom is 0.236 e. The summed E-state index contributed by atoms with van der Waals surface area (Å²) in [6.07, 6.45) is 5.92. The SMILES string of the molecule is CC1c2cccn2CCN1CC(=O)N(C)Cc1cnn(-c2ccccc2)c1. The van der Waals surface area contributed by atoms with Gasteiger partial charge in [-0.3, -0.25) is 9.69 Å². The van der Waals surface area contributed by atoms with Gasteiger partial charge < -0.3 is 9.47 Å². The molecule has 1 amide bonds. The minimum absolute atomic E-state index is 0.134. The molecule has 3 aromatic rings. The Morgan fingerprint density at radius 2 is 2.00 bits per heavy atom. The van der Waals surface area contributed by atoms with Crippen LogP contribution in [0, 0.1) is 0 Å². The third-order valence-electron chi connectivity index (χ3n) is 5.31. The van der Waals surface area contributed by atoms with Crippen LogP contribution in [0.2, 0.25) is 0 Å². The summed E-state index contributed by atoms with van der Waals surface area (Å²) in [6, 6.07) is 14.5. The number of likely N-dealkylation sites (N-methyl/N-ethyl adjacent to an activating group) is 1. The predicted molar refractivity (Wildman–Crippen MR) is 104 cm³/mol. The number of nitrogens with zero attached hydrogens (tertiary/aromatic N) is 5. The molecule has 1 aliphatic heterocycles. The van der Waals surface area contributed by atoms with E-state index in [1.165, 1.54) is 5.69 Å². The molecule has 0 N–H and O–H groups in total. The first kappa shape index (κ1) is 17.5. The Kier molecular flexibility index (Phi) is 4.81. The lowest BCUT2D eigenvalue weighted by Crippen LogP contribution is -2.43. The van der Waals surface area contributed by atoms with Crippen LogP contribution in [0.25, 0.3) is 5.69 Å². The van der Waals surface area contributed by atoms with Crippen LogP contribution in [0.3, 0.4) is 0 Å². The quantitative estimate of drug-likeness (QED) is 0.700. The first-order valence-corrected chi connectivity index (χ1v) is 9.34. The standard InChI is InChI=1S/C21H25N5O/c1-17-20-9-6-10-24(20)11-12-25(17)16-21(27)23(2)14-18-13-22-26(15-18)19-7-4-3-5-8-19/h3-10,13,15,17H,11-12,14,16H2,1-2H3. The van der Waals surface area contributed by atoms with E-state index in [0.717, 1.165) is 24.3 Å². The molecule has 0 radical (unpaired) electrons. The Morgan fingerprint density at radius 1 is 1.19 bits per heavy atom. The topological polar surface area (TPSA) is 46.3 Å². The number of para-hydroxylation sites is 1. The number of hydrogen-bond donors (Lipinski definition) is 0. The van der Waals surface area contributed by atoms with Gasteiger partial charge in [0.05, 0.1) is 18.4 Å². The second-order valence-electron chi connectivity index (χ2n) is 7.15. The lowest BCUT2D eigenvalue weighted by atomic mass is 10.1. The zero-order valence-corrected chi connectivity index (χ0v) is 15.8. The first-order valence-electron chi connectivity index (χ1n) is 9.34. The highest BCUT2D eigenvalue weighted by atomic mass is 16.2. The van der Waals surface area contributed by atoms with Gasteiger partial charge in [-0.25, -0.2) is 4.68 Å². The zero-order chi connectivity index (χ0) is 18.8. The molecular formula is C21H25N5O. The van der Waals surface area contributed by atoms with Crippen molar-refractivity contribution < 1.29 is 4.79 Å². The van der Waals surface area contributed by atoms with Crippen molar-refractivity contribution in [2.45, 2.75) is 26.1 Å². The van der Waals surface area contributed by atoms with Crippen LogP contribution in [0.1, 0.15) is 24.2 Å². The third-order valence-corrected chi connectivity index (χ3v) is 5.31. The van der Waals surface area contributed by atoms with E-state index in [9.17, 15) is 4.79 Å². The monoisotopic (exact) mass is 363 g/mol. The van der Waals surface area contributed by atoms with Gasteiger partial charge in [0, 0.05) is 56.4 Å². The number of carbonyl (C=O) groups is 1. The van der Waals surface area contributed by atoms with Gasteiger partial charge in [-0.15, -0.1) is 0 Å². The molecule has 1 atom stereocenters. The predicted octanol–water partition coefficient (Wildman–Crippen LogP) is 2.71. The minimum atomic E-state index is 0.134. The Labute approximate surface area is 159 Å². The van der Waals surface area contributed by atoms with Gasteiger partial charge in [0.15, 0.2) is 0 Å². The van der Waals surface area contributed by atoms with Crippen LogP contribution in [0.4, 0.5) is 0 Å². The van der Waals surface area contributed by atoms with Crippen molar-refractivity contribution in [1.82, 2.24) is 24.1 Å². The Balaban J connectivity index is 1.37. The molecule has 1 aliphatic rings. The largest absolute Gasteiger partial charge is 0.349 e. The number of aromatic nitrogens is 3. The molecule has 1 aromatic carbocycles. The zero-order valence-electron chi connectivity index (χ0n) is 15.8. The van der Waals surface area contributed by atoms with Gasteiger partial charge in [-0.2, -0.15) is 5.10 Å². The molecule has 0 saturated carbocycles. The van der Waals surface area contributed by atoms with E-state index in [1.54, 1.807) is 4.90 Å². The van der Waals surface area contributed by atoms with Gasteiger partial charge in [0.2, 0.25) is 5.91 Å². The minimum Gasteiger partial charge on any atom is -0.349 e. The molecule has 0 spiro atoms. The lowest BCUT2D eigenvalue weighted by molar-refractivity contribution is -0.132. The second-order valence-corrected chi connectivity index (χ2v) is 7.15. The summed E-state index contributed by atoms with van der Waals surface area (Å²) < 4.78 is 4.11. The van der Waals surface area contributed by atoms with E-state index < -0.39 is 0 Å². The maximum atomic E-state index is 12.7. The van der Waals surface area contributed by atoms with Crippen molar-refractivity contribution >= 4 is 5.91 Å². The molecule has 0 bridgehead atoms. The summed E-state index contributed by atoms with van der Waals surface area (Å²) in [5.74, 6) is 0.134. The summed E-state index contributed by atoms with van der Waals surface area (Å²) in [5, 5.41) is 4.41. The number of benzene rings is 1. The van der Waals surface area contributed by atoms with E-state index >= 15 is 0 Å². The Morgan fingerprint density at radius 3 is 2.81 bits per heavy atom. The highest BCUT2D eigenvalue weighted by Gasteiger charge is 2.26. The average Bonchev–Trinajstić information content (AvgIpc) is 3.34. The Hall–Kier alpha value is -2.86. The summed E-state index contributed by atoms with van der Waals surface area (Å²) in [7, 11) is 1.86. The number of amides is 1. The molecule has 6 heteroatoms. The van der Waals surface area contributed by atoms with Crippen molar-refractivity contribution in [1.29, 1.82) is 0 Å². The van der Waals surface area contributed by atoms with E-state index in [4.69, 9.17) is 0 Å². The third kappa shape index (κ3) is 3.66. The van der Waals surface area contributed by atoms with E-state index in [-0.39, 0.29) is 11.9 Å². The molecule has 3 heterocycles. The van der Waals surface area contributed by atoms with Crippen LogP contribution in [0.15, 0.2) is 61.1 Å². The van der Waals surface area contributed by atoms with Gasteiger partial charge in [0.25, 0.3) is 0 Å². The molecule has 4 rings (SSSR count). The summed E-state index contributed by atoms with van der Waals surface area (Å²) in [6.45, 7) is 5.00. The van der Waals surface area contributed by atoms with Gasteiger partial charge >= 0.3 is 0 Å². The molecule has 6 nitrogen and oxygen atoms in total. The highest BCUT2D eigenvalue weighted by Crippen LogP contribution is 2.25. The van der Waals surface area contributed by atoms with Crippen molar-refractivity contribution in [2.24, 2.45) is 0 Å². The normalized spacial score (nSPS) is 16.9. The fourth-order valence-corrected chi connectivity index (χ4v) is 3.66. The second kappa shape index (κ2) is 7.40. The van der Waals surface area contributed by atoms with Gasteiger partial charge in [-0.05, 0) is 31.2 Å². The van der Waals surface area contributed by atoms with Crippen molar-refractivity contribution in [3.63, 3.8) is 0 Å². The maximum absolute atomic E-state index is 12.7. The van der Waals surface area contributed by atoms with Crippen molar-refractivity contribution in [3.05, 3.63) is 72.3 Å². The number of hydrogen-bond acceptors (Lipinski definition) is 3. The number of fused-ring (bicyclic) bond motifs is 1. The highest BCUT2D eigenvalue weighted by molar-refractivity contribution is 5.78. The molecule has 27 heavy (non-hydrogen) atoms. The first-order chi connectivity index (χ1) is 13.1. The van der Waals surface area contributed by atoms with Crippen molar-refractivity contribution in [3.8, 4) is 5.69 Å². The molecule has 0 aliphatic carbocycles. The molecule has 2 aromatic heterocycles. The molecule has 0 fully saturated rings. The molecule has 0 saturated heterocycles. The van der Waals surface area contributed by atoms with Crippen LogP contribution in [-0.2, 0) is 17.9 Å². The summed E-state index contributed by atoms with van der Waals surface area (Å²) in [5.41, 5.74) is 3.32.